The zero-order chi connectivity index (χ0) is 34.8. The summed E-state index contributed by atoms with van der Waals surface area (Å²) in [5.41, 5.74) is 11.8. The van der Waals surface area contributed by atoms with Gasteiger partial charge < -0.3 is 36.8 Å². The zero-order valence-electron chi connectivity index (χ0n) is 25.2. The first-order valence-corrected chi connectivity index (χ1v) is 16.2. The van der Waals surface area contributed by atoms with Crippen molar-refractivity contribution in [2.45, 2.75) is 37.5 Å². The summed E-state index contributed by atoms with van der Waals surface area (Å²) in [6, 6.07) is 5.39. The van der Waals surface area contributed by atoms with Crippen molar-refractivity contribution in [1.29, 1.82) is 0 Å². The smallest absolute Gasteiger partial charge is 0.362 e. The number of oxime groups is 1. The third-order valence-corrected chi connectivity index (χ3v) is 8.26. The van der Waals surface area contributed by atoms with Gasteiger partial charge in [0.25, 0.3) is 11.8 Å². The Kier molecular flexibility index (Phi) is 11.9. The predicted octanol–water partition coefficient (Wildman–Crippen LogP) is -2.13. The van der Waals surface area contributed by atoms with E-state index >= 15 is 0 Å². The predicted molar refractivity (Wildman–Crippen MR) is 168 cm³/mol. The average molecular weight is 709 g/mol. The summed E-state index contributed by atoms with van der Waals surface area (Å²) in [5, 5.41) is 21.3. The third-order valence-electron chi connectivity index (χ3n) is 6.77. The Bertz CT molecular complexity index is 1740. The van der Waals surface area contributed by atoms with Gasteiger partial charge in [-0.15, -0.1) is 0 Å². The Hall–Kier alpha value is -5.26. The number of carbonyl (C=O) groups is 3. The second kappa shape index (κ2) is 16.0. The topological polar surface area (TPSA) is 305 Å². The van der Waals surface area contributed by atoms with Gasteiger partial charge in [0.05, 0.1) is 25.7 Å². The van der Waals surface area contributed by atoms with Gasteiger partial charge in [-0.2, -0.15) is 22.9 Å². The van der Waals surface area contributed by atoms with Crippen molar-refractivity contribution in [3.8, 4) is 5.75 Å². The summed E-state index contributed by atoms with van der Waals surface area (Å²) < 4.78 is 42.6. The molecule has 23 heteroatoms. The lowest BCUT2D eigenvalue weighted by molar-refractivity contribution is -0.145. The minimum atomic E-state index is -4.92. The van der Waals surface area contributed by atoms with E-state index in [4.69, 9.17) is 21.3 Å². The quantitative estimate of drug-likeness (QED) is 0.0385. The van der Waals surface area contributed by atoms with Crippen LogP contribution in [0.15, 0.2) is 47.1 Å². The number of rotatable bonds is 12. The van der Waals surface area contributed by atoms with Gasteiger partial charge in [-0.25, -0.2) is 14.1 Å². The van der Waals surface area contributed by atoms with Crippen LogP contribution >= 0.6 is 11.5 Å². The number of benzene rings is 1. The van der Waals surface area contributed by atoms with E-state index in [9.17, 15) is 27.4 Å². The van der Waals surface area contributed by atoms with Crippen LogP contribution in [0.25, 0.3) is 0 Å². The molecule has 4 heterocycles. The molecule has 2 aromatic heterocycles. The van der Waals surface area contributed by atoms with Gasteiger partial charge >= 0.3 is 16.3 Å². The number of β-lactam (4-membered cyclic amide) rings is 1. The highest BCUT2D eigenvalue weighted by molar-refractivity contribution is 7.84. The molecule has 48 heavy (non-hydrogen) atoms. The molecule has 1 aromatic carbocycles. The number of nitrogen functional groups attached to an aromatic ring is 1. The SMILES string of the molecule is COc1ccc(C(N)=NC2CCNCC2)cc1.Nc1nc(/C(=N/OCC(=O)O)C(=O)NC2C(=O)N(S(=O)(=O)O)C2Cn2cncn2)ns1. The van der Waals surface area contributed by atoms with E-state index in [-0.39, 0.29) is 21.8 Å². The number of methoxy groups -OCH3 is 1. The Labute approximate surface area is 277 Å². The van der Waals surface area contributed by atoms with Gasteiger partial charge in [0, 0.05) is 17.1 Å². The largest absolute Gasteiger partial charge is 0.497 e. The molecule has 0 aliphatic carbocycles. The van der Waals surface area contributed by atoms with Crippen LogP contribution in [0.4, 0.5) is 5.13 Å². The van der Waals surface area contributed by atoms with E-state index in [0.29, 0.717) is 23.4 Å². The molecule has 258 valence electrons. The second-order valence-electron chi connectivity index (χ2n) is 10.0. The van der Waals surface area contributed by atoms with Crippen LogP contribution < -0.4 is 26.8 Å². The van der Waals surface area contributed by atoms with Gasteiger partial charge in [0.1, 0.15) is 30.3 Å². The number of aliphatic imine (C=N–C) groups is 1. The standard InChI is InChI=1S/C13H19N3O.C12H13N9O8S2/c1-17-12-4-2-10(3-5-12)13(14)16-11-6-8-15-9-7-11;13-12-17-9(19-30-12)8(18-29-2-6(22)23)10(24)16-7-5(1-20-4-14-3-15-20)21(11(7)25)31(26,27)28/h2-5,11,15H,6-9H2,1H3,(H2,14,16);3-5,7H,1-2H2,(H,16,24)(H,22,23)(H2,13,17,19)(H,26,27,28)/b;18-8-. The lowest BCUT2D eigenvalue weighted by Crippen LogP contribution is -2.73. The summed E-state index contributed by atoms with van der Waals surface area (Å²) in [6.07, 6.45) is 4.53. The van der Waals surface area contributed by atoms with Crippen LogP contribution in [-0.2, 0) is 36.1 Å². The number of nitrogens with one attached hydrogen (secondary N) is 2. The molecule has 0 bridgehead atoms. The van der Waals surface area contributed by atoms with E-state index in [2.05, 4.69) is 45.1 Å². The van der Waals surface area contributed by atoms with Crippen molar-refractivity contribution in [2.75, 3.05) is 32.5 Å². The summed E-state index contributed by atoms with van der Waals surface area (Å²) in [4.78, 5) is 52.1. The molecule has 3 aromatic rings. The maximum atomic E-state index is 12.7. The number of amidine groups is 1. The zero-order valence-corrected chi connectivity index (χ0v) is 26.9. The van der Waals surface area contributed by atoms with E-state index in [0.717, 1.165) is 43.6 Å². The number of anilines is 1. The van der Waals surface area contributed by atoms with Gasteiger partial charge in [-0.05, 0) is 50.2 Å². The first-order valence-electron chi connectivity index (χ1n) is 14.0. The highest BCUT2D eigenvalue weighted by Gasteiger charge is 2.54. The number of carboxylic acids is 1. The highest BCUT2D eigenvalue weighted by atomic mass is 32.2. The van der Waals surface area contributed by atoms with Gasteiger partial charge in [0.15, 0.2) is 5.13 Å². The number of hydrogen-bond acceptors (Lipinski definition) is 16. The Balaban J connectivity index is 0.000000257. The third kappa shape index (κ3) is 9.40. The van der Waals surface area contributed by atoms with Crippen molar-refractivity contribution in [1.82, 2.24) is 39.1 Å². The first kappa shape index (κ1) is 35.6. The Morgan fingerprint density at radius 2 is 1.94 bits per heavy atom. The molecule has 0 saturated carbocycles. The number of aliphatic carboxylic acids is 1. The van der Waals surface area contributed by atoms with Crippen molar-refractivity contribution in [3.63, 3.8) is 0 Å². The number of hydrogen-bond donors (Lipinski definition) is 6. The molecule has 8 N–H and O–H groups in total. The molecule has 2 amide bonds. The molecular weight excluding hydrogens is 676 g/mol. The lowest BCUT2D eigenvalue weighted by Gasteiger charge is -2.43. The van der Waals surface area contributed by atoms with E-state index in [1.165, 1.54) is 11.0 Å². The normalized spacial score (nSPS) is 18.7. The number of piperidine rings is 1. The second-order valence-corrected chi connectivity index (χ2v) is 12.1. The number of ether oxygens (including phenoxy) is 1. The fraction of sp³-hybridized carbons (Fsp3) is 0.400. The summed E-state index contributed by atoms with van der Waals surface area (Å²) in [6.45, 7) is 0.943. The number of nitrogens with two attached hydrogens (primary N) is 2. The van der Waals surface area contributed by atoms with E-state index in [1.54, 1.807) is 7.11 Å². The number of amides is 2. The van der Waals surface area contributed by atoms with E-state index < -0.39 is 52.5 Å². The average Bonchev–Trinajstić information content (AvgIpc) is 3.73. The molecule has 2 aliphatic rings. The minimum absolute atomic E-state index is 0.0323. The number of carbonyl (C=O) groups excluding carboxylic acids is 2. The fourth-order valence-corrected chi connectivity index (χ4v) is 5.81. The van der Waals surface area contributed by atoms with Crippen molar-refractivity contribution in [3.05, 3.63) is 48.3 Å². The van der Waals surface area contributed by atoms with Crippen molar-refractivity contribution >= 4 is 56.3 Å². The first-order chi connectivity index (χ1) is 22.9. The van der Waals surface area contributed by atoms with Crippen LogP contribution in [0.2, 0.25) is 0 Å². The molecule has 2 saturated heterocycles. The van der Waals surface area contributed by atoms with Crippen LogP contribution in [0, 0.1) is 0 Å². The van der Waals surface area contributed by atoms with Gasteiger partial charge in [-0.3, -0.25) is 23.8 Å². The molecule has 21 nitrogen and oxygen atoms in total. The van der Waals surface area contributed by atoms with Gasteiger partial charge in [-0.1, -0.05) is 5.16 Å². The number of aromatic nitrogens is 5. The molecule has 2 fully saturated rings. The fourth-order valence-electron chi connectivity index (χ4n) is 4.50. The Morgan fingerprint density at radius 3 is 2.50 bits per heavy atom. The van der Waals surface area contributed by atoms with Crippen molar-refractivity contribution < 1.29 is 42.0 Å². The van der Waals surface area contributed by atoms with Crippen LogP contribution in [0.1, 0.15) is 24.2 Å². The molecule has 0 radical (unpaired) electrons. The molecule has 2 unspecified atom stereocenters. The molecule has 2 atom stereocenters. The number of nitrogens with zero attached hydrogens (tertiary/aromatic N) is 8. The minimum Gasteiger partial charge on any atom is -0.497 e. The van der Waals surface area contributed by atoms with E-state index in [1.807, 2.05) is 24.3 Å². The molecular formula is C25H32N12O9S2. The van der Waals surface area contributed by atoms with Gasteiger partial charge in [0.2, 0.25) is 18.1 Å². The van der Waals surface area contributed by atoms with Crippen LogP contribution in [-0.4, -0.2) is 121 Å². The number of carboxylic acid groups (broad SMARTS) is 1. The monoisotopic (exact) mass is 708 g/mol. The van der Waals surface area contributed by atoms with Crippen LogP contribution in [0.5, 0.6) is 5.75 Å². The summed E-state index contributed by atoms with van der Waals surface area (Å²) in [5.74, 6) is -2.43. The molecule has 0 spiro atoms. The van der Waals surface area contributed by atoms with Crippen LogP contribution in [0.3, 0.4) is 0 Å². The molecule has 2 aliphatic heterocycles. The summed E-state index contributed by atoms with van der Waals surface area (Å²) in [7, 11) is -3.26. The maximum Gasteiger partial charge on any atom is 0.362 e. The maximum absolute atomic E-state index is 12.7. The molecule has 5 rings (SSSR count). The highest BCUT2D eigenvalue weighted by Crippen LogP contribution is 2.25. The lowest BCUT2D eigenvalue weighted by atomic mass is 9.98. The van der Waals surface area contributed by atoms with Crippen molar-refractivity contribution in [2.24, 2.45) is 15.9 Å². The summed E-state index contributed by atoms with van der Waals surface area (Å²) >= 11 is 0.714. The Morgan fingerprint density at radius 1 is 1.23 bits per heavy atom.